The molecule has 1 aromatic carbocycles. The van der Waals surface area contributed by atoms with E-state index in [9.17, 15) is 9.59 Å². The van der Waals surface area contributed by atoms with Crippen molar-refractivity contribution in [3.8, 4) is 11.5 Å². The third-order valence-corrected chi connectivity index (χ3v) is 5.62. The molecule has 1 aromatic heterocycles. The molecule has 0 N–H and O–H groups in total. The van der Waals surface area contributed by atoms with E-state index in [4.69, 9.17) is 14.2 Å². The Morgan fingerprint density at radius 2 is 1.90 bits per heavy atom. The van der Waals surface area contributed by atoms with Crippen molar-refractivity contribution in [1.82, 2.24) is 4.90 Å². The molecule has 0 saturated heterocycles. The molecule has 2 heterocycles. The Bertz CT molecular complexity index is 975. The van der Waals surface area contributed by atoms with Crippen LogP contribution in [0.15, 0.2) is 52.6 Å². The molecule has 3 rings (SSSR count). The number of benzene rings is 1. The predicted octanol–water partition coefficient (Wildman–Crippen LogP) is 3.68. The summed E-state index contributed by atoms with van der Waals surface area (Å²) < 4.78 is 15.5. The molecule has 152 valence electrons. The van der Waals surface area contributed by atoms with Gasteiger partial charge >= 0.3 is 5.97 Å². The minimum atomic E-state index is -0.507. The molecule has 0 saturated carbocycles. The average Bonchev–Trinajstić information content (AvgIpc) is 3.33. The lowest BCUT2D eigenvalue weighted by atomic mass is 10.1. The highest BCUT2D eigenvalue weighted by molar-refractivity contribution is 7.10. The number of carbonyl (C=O) groups is 2. The largest absolute Gasteiger partial charge is 0.493 e. The van der Waals surface area contributed by atoms with Gasteiger partial charge in [-0.15, -0.1) is 11.3 Å². The van der Waals surface area contributed by atoms with E-state index in [1.54, 1.807) is 32.1 Å². The number of amides is 1. The van der Waals surface area contributed by atoms with Crippen LogP contribution >= 0.6 is 11.3 Å². The summed E-state index contributed by atoms with van der Waals surface area (Å²) in [5, 5.41) is 1.93. The number of carbonyl (C=O) groups excluding carboxylic acids is 2. The third kappa shape index (κ3) is 4.19. The first-order valence-corrected chi connectivity index (χ1v) is 9.95. The molecule has 1 aliphatic rings. The van der Waals surface area contributed by atoms with E-state index in [-0.39, 0.29) is 5.91 Å². The first-order chi connectivity index (χ1) is 14.0. The van der Waals surface area contributed by atoms with Gasteiger partial charge in [0.25, 0.3) is 5.91 Å². The number of thiophene rings is 1. The maximum absolute atomic E-state index is 13.1. The van der Waals surface area contributed by atoms with E-state index in [0.29, 0.717) is 41.3 Å². The van der Waals surface area contributed by atoms with Crippen molar-refractivity contribution in [2.24, 2.45) is 0 Å². The van der Waals surface area contributed by atoms with Crippen molar-refractivity contribution >= 4 is 29.3 Å². The summed E-state index contributed by atoms with van der Waals surface area (Å²) in [6.45, 7) is 2.20. The number of hydrogen-bond donors (Lipinski definition) is 0. The number of hydrogen-bond acceptors (Lipinski definition) is 6. The Hall–Kier alpha value is -3.06. The monoisotopic (exact) mass is 413 g/mol. The highest BCUT2D eigenvalue weighted by atomic mass is 32.1. The summed E-state index contributed by atoms with van der Waals surface area (Å²) in [6, 6.07) is 9.47. The Morgan fingerprint density at radius 3 is 2.52 bits per heavy atom. The standard InChI is InChI=1S/C22H23NO5S/c1-14-20(22(25)28-4)17(13-16-6-5-11-29-16)21(24)23(14)10-9-15-7-8-18(26-2)19(12-15)27-3/h5-8,11-13H,9-10H2,1-4H3. The summed E-state index contributed by atoms with van der Waals surface area (Å²) >= 11 is 1.51. The second kappa shape index (κ2) is 8.96. The molecule has 1 amide bonds. The van der Waals surface area contributed by atoms with Gasteiger partial charge in [0.15, 0.2) is 11.5 Å². The van der Waals surface area contributed by atoms with Crippen molar-refractivity contribution in [1.29, 1.82) is 0 Å². The van der Waals surface area contributed by atoms with Crippen LogP contribution in [0.1, 0.15) is 17.4 Å². The first-order valence-electron chi connectivity index (χ1n) is 9.07. The minimum Gasteiger partial charge on any atom is -0.493 e. The number of ether oxygens (including phenoxy) is 3. The molecule has 0 unspecified atom stereocenters. The topological polar surface area (TPSA) is 65.1 Å². The zero-order valence-corrected chi connectivity index (χ0v) is 17.7. The molecular formula is C22H23NO5S. The average molecular weight is 413 g/mol. The number of esters is 1. The van der Waals surface area contributed by atoms with Crippen LogP contribution in [0.5, 0.6) is 11.5 Å². The lowest BCUT2D eigenvalue weighted by molar-refractivity contribution is -0.136. The van der Waals surface area contributed by atoms with E-state index >= 15 is 0 Å². The molecule has 7 heteroatoms. The minimum absolute atomic E-state index is 0.197. The van der Waals surface area contributed by atoms with Crippen molar-refractivity contribution in [2.45, 2.75) is 13.3 Å². The SMILES string of the molecule is COC(=O)C1=C(C)N(CCc2ccc(OC)c(OC)c2)C(=O)C1=Cc1cccs1. The van der Waals surface area contributed by atoms with Crippen molar-refractivity contribution in [2.75, 3.05) is 27.9 Å². The maximum atomic E-state index is 13.1. The van der Waals surface area contributed by atoms with Crippen LogP contribution in [-0.2, 0) is 20.7 Å². The number of methoxy groups -OCH3 is 3. The van der Waals surface area contributed by atoms with Gasteiger partial charge in [-0.3, -0.25) is 4.79 Å². The molecule has 6 nitrogen and oxygen atoms in total. The lowest BCUT2D eigenvalue weighted by Gasteiger charge is -2.18. The summed E-state index contributed by atoms with van der Waals surface area (Å²) in [5.74, 6) is 0.585. The Kier molecular flexibility index (Phi) is 6.39. The smallest absolute Gasteiger partial charge is 0.340 e. The molecule has 0 radical (unpaired) electrons. The third-order valence-electron chi connectivity index (χ3n) is 4.80. The van der Waals surface area contributed by atoms with Crippen LogP contribution < -0.4 is 9.47 Å². The fraction of sp³-hybridized carbons (Fsp3) is 0.273. The second-order valence-corrected chi connectivity index (χ2v) is 7.40. The number of nitrogens with zero attached hydrogens (tertiary/aromatic N) is 1. The van der Waals surface area contributed by atoms with Crippen molar-refractivity contribution in [3.05, 3.63) is 63.0 Å². The van der Waals surface area contributed by atoms with Crippen LogP contribution in [0.3, 0.4) is 0 Å². The van der Waals surface area contributed by atoms with Crippen LogP contribution in [0, 0.1) is 0 Å². The van der Waals surface area contributed by atoms with Gasteiger partial charge in [0.1, 0.15) is 0 Å². The van der Waals surface area contributed by atoms with E-state index in [2.05, 4.69) is 0 Å². The normalized spacial score (nSPS) is 15.2. The summed E-state index contributed by atoms with van der Waals surface area (Å²) in [7, 11) is 4.50. The van der Waals surface area contributed by atoms with E-state index in [1.807, 2.05) is 35.7 Å². The van der Waals surface area contributed by atoms with Gasteiger partial charge in [-0.25, -0.2) is 4.79 Å². The first kappa shape index (κ1) is 20.7. The zero-order chi connectivity index (χ0) is 21.0. The Balaban J connectivity index is 1.87. The zero-order valence-electron chi connectivity index (χ0n) is 16.9. The van der Waals surface area contributed by atoms with E-state index < -0.39 is 5.97 Å². The molecule has 0 atom stereocenters. The number of allylic oxidation sites excluding steroid dienone is 1. The van der Waals surface area contributed by atoms with Gasteiger partial charge in [-0.05, 0) is 48.6 Å². The molecule has 0 spiro atoms. The van der Waals surface area contributed by atoms with Gasteiger partial charge in [0.2, 0.25) is 0 Å². The Labute approximate surface area is 174 Å². The predicted molar refractivity (Wildman–Crippen MR) is 112 cm³/mol. The molecular weight excluding hydrogens is 390 g/mol. The van der Waals surface area contributed by atoms with Crippen LogP contribution in [0.2, 0.25) is 0 Å². The fourth-order valence-corrected chi connectivity index (χ4v) is 3.95. The summed E-state index contributed by atoms with van der Waals surface area (Å²) in [5.41, 5.74) is 2.28. The Morgan fingerprint density at radius 1 is 1.14 bits per heavy atom. The maximum Gasteiger partial charge on any atom is 0.340 e. The van der Waals surface area contributed by atoms with Crippen molar-refractivity contribution in [3.63, 3.8) is 0 Å². The van der Waals surface area contributed by atoms with Crippen LogP contribution in [0.4, 0.5) is 0 Å². The fourth-order valence-electron chi connectivity index (χ4n) is 3.29. The molecule has 1 aliphatic heterocycles. The summed E-state index contributed by atoms with van der Waals surface area (Å²) in [4.78, 5) is 28.0. The molecule has 0 aliphatic carbocycles. The van der Waals surface area contributed by atoms with Crippen LogP contribution in [-0.4, -0.2) is 44.7 Å². The highest BCUT2D eigenvalue weighted by Gasteiger charge is 2.36. The van der Waals surface area contributed by atoms with Gasteiger partial charge in [0.05, 0.1) is 32.5 Å². The summed E-state index contributed by atoms with van der Waals surface area (Å²) in [6.07, 6.45) is 2.35. The number of rotatable bonds is 7. The molecule has 0 bridgehead atoms. The lowest BCUT2D eigenvalue weighted by Crippen LogP contribution is -2.27. The molecule has 0 fully saturated rings. The van der Waals surface area contributed by atoms with E-state index in [1.165, 1.54) is 18.4 Å². The second-order valence-electron chi connectivity index (χ2n) is 6.42. The van der Waals surface area contributed by atoms with Gasteiger partial charge < -0.3 is 19.1 Å². The highest BCUT2D eigenvalue weighted by Crippen LogP contribution is 2.33. The quantitative estimate of drug-likeness (QED) is 0.512. The van der Waals surface area contributed by atoms with Gasteiger partial charge in [-0.1, -0.05) is 12.1 Å². The van der Waals surface area contributed by atoms with E-state index in [0.717, 1.165) is 10.4 Å². The molecule has 29 heavy (non-hydrogen) atoms. The van der Waals surface area contributed by atoms with Crippen molar-refractivity contribution < 1.29 is 23.8 Å². The van der Waals surface area contributed by atoms with Gasteiger partial charge in [-0.2, -0.15) is 0 Å². The molecule has 2 aromatic rings. The van der Waals surface area contributed by atoms with Gasteiger partial charge in [0, 0.05) is 17.1 Å². The van der Waals surface area contributed by atoms with Crippen LogP contribution in [0.25, 0.3) is 6.08 Å².